The van der Waals surface area contributed by atoms with Crippen LogP contribution in [0.25, 0.3) is 0 Å². The van der Waals surface area contributed by atoms with E-state index < -0.39 is 0 Å². The van der Waals surface area contributed by atoms with Gasteiger partial charge in [0.25, 0.3) is 5.91 Å². The van der Waals surface area contributed by atoms with E-state index in [9.17, 15) is 9.59 Å². The number of aryl methyl sites for hydroxylation is 1. The average molecular weight is 309 g/mol. The predicted octanol–water partition coefficient (Wildman–Crippen LogP) is 2.76. The van der Waals surface area contributed by atoms with Crippen molar-refractivity contribution in [2.75, 3.05) is 11.9 Å². The Hall–Kier alpha value is -2.69. The second-order valence-electron chi connectivity index (χ2n) is 5.76. The molecule has 5 nitrogen and oxygen atoms in total. The highest BCUT2D eigenvalue weighted by atomic mass is 16.2. The summed E-state index contributed by atoms with van der Waals surface area (Å²) in [6.45, 7) is 3.28. The van der Waals surface area contributed by atoms with Gasteiger partial charge in [-0.2, -0.15) is 0 Å². The molecule has 2 heterocycles. The molecule has 2 amide bonds. The fraction of sp³-hybridized carbons (Fsp3) is 0.278. The van der Waals surface area contributed by atoms with Gasteiger partial charge < -0.3 is 10.2 Å². The molecule has 2 aromatic rings. The van der Waals surface area contributed by atoms with E-state index in [2.05, 4.69) is 10.3 Å². The number of hydrogen-bond donors (Lipinski definition) is 1. The highest BCUT2D eigenvalue weighted by Crippen LogP contribution is 2.17. The van der Waals surface area contributed by atoms with Gasteiger partial charge >= 0.3 is 0 Å². The van der Waals surface area contributed by atoms with Gasteiger partial charge in [-0.05, 0) is 43.2 Å². The molecule has 1 aromatic heterocycles. The lowest BCUT2D eigenvalue weighted by atomic mass is 10.1. The van der Waals surface area contributed by atoms with Crippen molar-refractivity contribution in [1.29, 1.82) is 0 Å². The third-order valence-electron chi connectivity index (χ3n) is 3.90. The van der Waals surface area contributed by atoms with Gasteiger partial charge in [-0.15, -0.1) is 0 Å². The molecule has 0 atom stereocenters. The van der Waals surface area contributed by atoms with Crippen LogP contribution < -0.4 is 5.32 Å². The minimum Gasteiger partial charge on any atom is -0.338 e. The molecular weight excluding hydrogens is 290 g/mol. The van der Waals surface area contributed by atoms with Crippen LogP contribution in [0.1, 0.15) is 34.5 Å². The zero-order chi connectivity index (χ0) is 16.2. The first-order chi connectivity index (χ1) is 11.1. The molecule has 1 aliphatic rings. The highest BCUT2D eigenvalue weighted by molar-refractivity contribution is 6.04. The zero-order valence-corrected chi connectivity index (χ0v) is 13.1. The minimum atomic E-state index is -0.188. The summed E-state index contributed by atoms with van der Waals surface area (Å²) in [6.07, 6.45) is 3.13. The van der Waals surface area contributed by atoms with Crippen LogP contribution in [-0.4, -0.2) is 28.2 Å². The maximum atomic E-state index is 12.2. The van der Waals surface area contributed by atoms with Gasteiger partial charge in [0.1, 0.15) is 0 Å². The van der Waals surface area contributed by atoms with E-state index in [0.29, 0.717) is 18.5 Å². The van der Waals surface area contributed by atoms with Gasteiger partial charge in [0.2, 0.25) is 5.91 Å². The number of anilines is 1. The van der Waals surface area contributed by atoms with Crippen LogP contribution in [0.2, 0.25) is 0 Å². The largest absolute Gasteiger partial charge is 0.338 e. The molecule has 1 fully saturated rings. The summed E-state index contributed by atoms with van der Waals surface area (Å²) in [5.74, 6) is 0.0112. The number of likely N-dealkylation sites (tertiary alicyclic amines) is 1. The van der Waals surface area contributed by atoms with E-state index in [0.717, 1.165) is 29.9 Å². The number of carbonyl (C=O) groups is 2. The number of nitrogens with zero attached hydrogens (tertiary/aromatic N) is 2. The minimum absolute atomic E-state index is 0.188. The summed E-state index contributed by atoms with van der Waals surface area (Å²) in [5, 5.41) is 2.87. The number of pyridine rings is 1. The van der Waals surface area contributed by atoms with Crippen molar-refractivity contribution in [3.63, 3.8) is 0 Å². The number of amides is 2. The number of nitrogens with one attached hydrogen (secondary N) is 1. The van der Waals surface area contributed by atoms with E-state index in [-0.39, 0.29) is 11.8 Å². The normalized spacial score (nSPS) is 14.1. The van der Waals surface area contributed by atoms with E-state index >= 15 is 0 Å². The fourth-order valence-electron chi connectivity index (χ4n) is 2.64. The maximum Gasteiger partial charge on any atom is 0.257 e. The Morgan fingerprint density at radius 3 is 2.87 bits per heavy atom. The van der Waals surface area contributed by atoms with Gasteiger partial charge in [0, 0.05) is 37.1 Å². The molecule has 1 N–H and O–H groups in total. The van der Waals surface area contributed by atoms with E-state index in [4.69, 9.17) is 0 Å². The van der Waals surface area contributed by atoms with Gasteiger partial charge in [-0.3, -0.25) is 14.6 Å². The summed E-state index contributed by atoms with van der Waals surface area (Å²) in [7, 11) is 0. The van der Waals surface area contributed by atoms with Crippen molar-refractivity contribution in [3.8, 4) is 0 Å². The van der Waals surface area contributed by atoms with Gasteiger partial charge in [0.05, 0.1) is 5.56 Å². The number of benzene rings is 1. The van der Waals surface area contributed by atoms with Crippen LogP contribution >= 0.6 is 0 Å². The second kappa shape index (κ2) is 6.60. The van der Waals surface area contributed by atoms with Gasteiger partial charge in [-0.25, -0.2) is 0 Å². The number of hydrogen-bond acceptors (Lipinski definition) is 3. The molecule has 23 heavy (non-hydrogen) atoms. The zero-order valence-electron chi connectivity index (χ0n) is 13.1. The van der Waals surface area contributed by atoms with Crippen LogP contribution in [0.15, 0.2) is 42.6 Å². The van der Waals surface area contributed by atoms with Gasteiger partial charge in [-0.1, -0.05) is 12.1 Å². The Morgan fingerprint density at radius 2 is 2.17 bits per heavy atom. The quantitative estimate of drug-likeness (QED) is 0.944. The lowest BCUT2D eigenvalue weighted by Gasteiger charge is -2.16. The summed E-state index contributed by atoms with van der Waals surface area (Å²) in [5.41, 5.74) is 3.13. The Morgan fingerprint density at radius 1 is 1.30 bits per heavy atom. The molecule has 0 unspecified atom stereocenters. The van der Waals surface area contributed by atoms with Crippen molar-refractivity contribution >= 4 is 17.5 Å². The summed E-state index contributed by atoms with van der Waals surface area (Å²) in [4.78, 5) is 29.9. The summed E-state index contributed by atoms with van der Waals surface area (Å²) < 4.78 is 0. The SMILES string of the molecule is Cc1ccc(C(=O)Nc2cccc(CN3CCCC3=O)c2)cn1. The molecule has 1 aromatic carbocycles. The smallest absolute Gasteiger partial charge is 0.257 e. The molecule has 5 heteroatoms. The third-order valence-corrected chi connectivity index (χ3v) is 3.90. The van der Waals surface area contributed by atoms with Crippen molar-refractivity contribution < 1.29 is 9.59 Å². The second-order valence-corrected chi connectivity index (χ2v) is 5.76. The first kappa shape index (κ1) is 15.2. The number of rotatable bonds is 4. The van der Waals surface area contributed by atoms with E-state index in [1.165, 1.54) is 0 Å². The molecule has 0 aliphatic carbocycles. The van der Waals surface area contributed by atoms with Crippen molar-refractivity contribution in [3.05, 3.63) is 59.4 Å². The molecule has 0 saturated carbocycles. The first-order valence-corrected chi connectivity index (χ1v) is 7.72. The Bertz CT molecular complexity index is 725. The van der Waals surface area contributed by atoms with Crippen LogP contribution in [0.3, 0.4) is 0 Å². The first-order valence-electron chi connectivity index (χ1n) is 7.72. The lowest BCUT2D eigenvalue weighted by Crippen LogP contribution is -2.23. The van der Waals surface area contributed by atoms with Gasteiger partial charge in [0.15, 0.2) is 0 Å². The van der Waals surface area contributed by atoms with E-state index in [1.54, 1.807) is 12.3 Å². The predicted molar refractivity (Wildman–Crippen MR) is 88.0 cm³/mol. The third kappa shape index (κ3) is 3.74. The molecule has 118 valence electrons. The summed E-state index contributed by atoms with van der Waals surface area (Å²) >= 11 is 0. The molecule has 0 spiro atoms. The van der Waals surface area contributed by atoms with Crippen LogP contribution in [-0.2, 0) is 11.3 Å². The molecule has 0 bridgehead atoms. The molecule has 1 aliphatic heterocycles. The Balaban J connectivity index is 1.68. The highest BCUT2D eigenvalue weighted by Gasteiger charge is 2.20. The maximum absolute atomic E-state index is 12.2. The standard InChI is InChI=1S/C18H19N3O2/c1-13-7-8-15(11-19-13)18(23)20-16-5-2-4-14(10-16)12-21-9-3-6-17(21)22/h2,4-5,7-8,10-11H,3,6,9,12H2,1H3,(H,20,23). The molecule has 0 radical (unpaired) electrons. The molecule has 1 saturated heterocycles. The topological polar surface area (TPSA) is 62.3 Å². The lowest BCUT2D eigenvalue weighted by molar-refractivity contribution is -0.128. The van der Waals surface area contributed by atoms with Crippen molar-refractivity contribution in [2.45, 2.75) is 26.3 Å². The Labute approximate surface area is 135 Å². The summed E-state index contributed by atoms with van der Waals surface area (Å²) in [6, 6.07) is 11.2. The molecular formula is C18H19N3O2. The number of aromatic nitrogens is 1. The van der Waals surface area contributed by atoms with Crippen LogP contribution in [0.5, 0.6) is 0 Å². The van der Waals surface area contributed by atoms with E-state index in [1.807, 2.05) is 42.2 Å². The van der Waals surface area contributed by atoms with Crippen LogP contribution in [0, 0.1) is 6.92 Å². The Kier molecular flexibility index (Phi) is 4.37. The van der Waals surface area contributed by atoms with Crippen molar-refractivity contribution in [1.82, 2.24) is 9.88 Å². The van der Waals surface area contributed by atoms with Crippen molar-refractivity contribution in [2.24, 2.45) is 0 Å². The molecule has 3 rings (SSSR count). The monoisotopic (exact) mass is 309 g/mol. The average Bonchev–Trinajstić information content (AvgIpc) is 2.93. The number of carbonyl (C=O) groups excluding carboxylic acids is 2. The van der Waals surface area contributed by atoms with Crippen LogP contribution in [0.4, 0.5) is 5.69 Å². The fourth-order valence-corrected chi connectivity index (χ4v) is 2.64.